The van der Waals surface area contributed by atoms with Crippen molar-refractivity contribution in [1.82, 2.24) is 10.3 Å². The van der Waals surface area contributed by atoms with E-state index in [2.05, 4.69) is 43.2 Å². The molecule has 2 heteroatoms. The number of H-pyrrole nitrogens is 1. The Morgan fingerprint density at radius 2 is 1.84 bits per heavy atom. The van der Waals surface area contributed by atoms with Crippen molar-refractivity contribution in [2.75, 3.05) is 13.1 Å². The molecular formula is C17H24N2. The van der Waals surface area contributed by atoms with E-state index in [1.807, 2.05) is 0 Å². The Bertz CT molecular complexity index is 589. The van der Waals surface area contributed by atoms with Crippen LogP contribution in [-0.2, 0) is 6.42 Å². The van der Waals surface area contributed by atoms with E-state index in [1.54, 1.807) is 5.56 Å². The molecule has 2 nitrogen and oxygen atoms in total. The van der Waals surface area contributed by atoms with Gasteiger partial charge in [-0.25, -0.2) is 0 Å². The van der Waals surface area contributed by atoms with Crippen LogP contribution in [0.1, 0.15) is 35.2 Å². The summed E-state index contributed by atoms with van der Waals surface area (Å²) in [7, 11) is 0. The molecular weight excluding hydrogens is 232 g/mol. The number of aryl methyl sites for hydroxylation is 3. The summed E-state index contributed by atoms with van der Waals surface area (Å²) in [6, 6.07) is 4.59. The Morgan fingerprint density at radius 3 is 2.58 bits per heavy atom. The van der Waals surface area contributed by atoms with Gasteiger partial charge in [-0.1, -0.05) is 6.07 Å². The number of rotatable bonds is 2. The highest BCUT2D eigenvalue weighted by atomic mass is 14.9. The van der Waals surface area contributed by atoms with E-state index in [9.17, 15) is 0 Å². The molecule has 0 aliphatic carbocycles. The van der Waals surface area contributed by atoms with Crippen LogP contribution in [0.4, 0.5) is 0 Å². The summed E-state index contributed by atoms with van der Waals surface area (Å²) in [5.41, 5.74) is 7.00. The standard InChI is InChI=1S/C17H24N2/c1-11-8-12(2)17-15(13(3)19-16(17)9-11)10-14-4-6-18-7-5-14/h8-9,14,18-19H,4-7,10H2,1-3H3. The van der Waals surface area contributed by atoms with Crippen LogP contribution in [0.25, 0.3) is 10.9 Å². The number of hydrogen-bond acceptors (Lipinski definition) is 1. The summed E-state index contributed by atoms with van der Waals surface area (Å²) in [4.78, 5) is 3.58. The Kier molecular flexibility index (Phi) is 3.36. The summed E-state index contributed by atoms with van der Waals surface area (Å²) < 4.78 is 0. The van der Waals surface area contributed by atoms with Crippen LogP contribution in [0.2, 0.25) is 0 Å². The molecule has 1 saturated heterocycles. The average Bonchev–Trinajstić information content (AvgIpc) is 2.67. The van der Waals surface area contributed by atoms with E-state index in [0.717, 1.165) is 5.92 Å². The van der Waals surface area contributed by atoms with Crippen molar-refractivity contribution in [3.8, 4) is 0 Å². The zero-order chi connectivity index (χ0) is 13.4. The van der Waals surface area contributed by atoms with Crippen LogP contribution in [0.3, 0.4) is 0 Å². The molecule has 0 saturated carbocycles. The topological polar surface area (TPSA) is 27.8 Å². The summed E-state index contributed by atoms with van der Waals surface area (Å²) in [6.07, 6.45) is 3.87. The molecule has 1 aliphatic heterocycles. The Balaban J connectivity index is 2.00. The molecule has 2 heterocycles. The Morgan fingerprint density at radius 1 is 1.11 bits per heavy atom. The van der Waals surface area contributed by atoms with E-state index < -0.39 is 0 Å². The Hall–Kier alpha value is -1.28. The van der Waals surface area contributed by atoms with Crippen LogP contribution < -0.4 is 5.32 Å². The molecule has 1 aliphatic rings. The summed E-state index contributed by atoms with van der Waals surface area (Å²) >= 11 is 0. The lowest BCUT2D eigenvalue weighted by molar-refractivity contribution is 0.373. The van der Waals surface area contributed by atoms with Gasteiger partial charge in [0.05, 0.1) is 0 Å². The first-order valence-corrected chi connectivity index (χ1v) is 7.44. The van der Waals surface area contributed by atoms with Crippen LogP contribution in [0.5, 0.6) is 0 Å². The van der Waals surface area contributed by atoms with Crippen molar-refractivity contribution in [3.63, 3.8) is 0 Å². The highest BCUT2D eigenvalue weighted by Crippen LogP contribution is 2.30. The maximum absolute atomic E-state index is 3.58. The number of fused-ring (bicyclic) bond motifs is 1. The smallest absolute Gasteiger partial charge is 0.0464 e. The van der Waals surface area contributed by atoms with Gasteiger partial charge in [0.25, 0.3) is 0 Å². The molecule has 102 valence electrons. The molecule has 1 aromatic carbocycles. The van der Waals surface area contributed by atoms with Crippen LogP contribution >= 0.6 is 0 Å². The fourth-order valence-electron chi connectivity index (χ4n) is 3.56. The highest BCUT2D eigenvalue weighted by molar-refractivity contribution is 5.88. The molecule has 1 aromatic heterocycles. The van der Waals surface area contributed by atoms with Gasteiger partial charge in [0.2, 0.25) is 0 Å². The molecule has 0 spiro atoms. The summed E-state index contributed by atoms with van der Waals surface area (Å²) in [5.74, 6) is 0.847. The third kappa shape index (κ3) is 2.42. The van der Waals surface area contributed by atoms with Crippen molar-refractivity contribution in [3.05, 3.63) is 34.5 Å². The van der Waals surface area contributed by atoms with Crippen molar-refractivity contribution < 1.29 is 0 Å². The van der Waals surface area contributed by atoms with E-state index in [1.165, 1.54) is 60.1 Å². The highest BCUT2D eigenvalue weighted by Gasteiger charge is 2.18. The minimum Gasteiger partial charge on any atom is -0.358 e. The van der Waals surface area contributed by atoms with Crippen molar-refractivity contribution in [2.24, 2.45) is 5.92 Å². The van der Waals surface area contributed by atoms with E-state index >= 15 is 0 Å². The maximum atomic E-state index is 3.58. The number of aromatic amines is 1. The SMILES string of the molecule is Cc1cc(C)c2c(CC3CCNCC3)c(C)[nH]c2c1. The molecule has 0 unspecified atom stereocenters. The first-order valence-electron chi connectivity index (χ1n) is 7.44. The lowest BCUT2D eigenvalue weighted by atomic mass is 9.89. The zero-order valence-corrected chi connectivity index (χ0v) is 12.3. The second-order valence-corrected chi connectivity index (χ2v) is 6.13. The number of hydrogen-bond donors (Lipinski definition) is 2. The van der Waals surface area contributed by atoms with Gasteiger partial charge in [-0.05, 0) is 81.8 Å². The minimum absolute atomic E-state index is 0.847. The van der Waals surface area contributed by atoms with Gasteiger partial charge in [0.1, 0.15) is 0 Å². The van der Waals surface area contributed by atoms with Crippen molar-refractivity contribution >= 4 is 10.9 Å². The molecule has 3 rings (SSSR count). The lowest BCUT2D eigenvalue weighted by Gasteiger charge is -2.22. The predicted molar refractivity (Wildman–Crippen MR) is 81.8 cm³/mol. The zero-order valence-electron chi connectivity index (χ0n) is 12.3. The van der Waals surface area contributed by atoms with Gasteiger partial charge >= 0.3 is 0 Å². The number of aromatic nitrogens is 1. The quantitative estimate of drug-likeness (QED) is 0.843. The minimum atomic E-state index is 0.847. The molecule has 2 aromatic rings. The van der Waals surface area contributed by atoms with Gasteiger partial charge in [-0.3, -0.25) is 0 Å². The van der Waals surface area contributed by atoms with Crippen LogP contribution in [0, 0.1) is 26.7 Å². The number of piperidine rings is 1. The van der Waals surface area contributed by atoms with Crippen molar-refractivity contribution in [1.29, 1.82) is 0 Å². The third-order valence-electron chi connectivity index (χ3n) is 4.51. The summed E-state index contributed by atoms with van der Waals surface area (Å²) in [5, 5.41) is 4.93. The van der Waals surface area contributed by atoms with Gasteiger partial charge in [-0.2, -0.15) is 0 Å². The molecule has 0 bridgehead atoms. The average molecular weight is 256 g/mol. The first-order chi connectivity index (χ1) is 9.15. The summed E-state index contributed by atoms with van der Waals surface area (Å²) in [6.45, 7) is 9.02. The fourth-order valence-corrected chi connectivity index (χ4v) is 3.56. The van der Waals surface area contributed by atoms with E-state index in [0.29, 0.717) is 0 Å². The van der Waals surface area contributed by atoms with Crippen LogP contribution in [0.15, 0.2) is 12.1 Å². The van der Waals surface area contributed by atoms with E-state index in [4.69, 9.17) is 0 Å². The number of benzene rings is 1. The van der Waals surface area contributed by atoms with Crippen molar-refractivity contribution in [2.45, 2.75) is 40.0 Å². The van der Waals surface area contributed by atoms with Gasteiger partial charge < -0.3 is 10.3 Å². The number of nitrogens with one attached hydrogen (secondary N) is 2. The van der Waals surface area contributed by atoms with Gasteiger partial charge in [0, 0.05) is 16.6 Å². The monoisotopic (exact) mass is 256 g/mol. The molecule has 0 amide bonds. The molecule has 19 heavy (non-hydrogen) atoms. The normalized spacial score (nSPS) is 17.2. The van der Waals surface area contributed by atoms with Gasteiger partial charge in [0.15, 0.2) is 0 Å². The fraction of sp³-hybridized carbons (Fsp3) is 0.529. The first kappa shape index (κ1) is 12.7. The second-order valence-electron chi connectivity index (χ2n) is 6.13. The predicted octanol–water partition coefficient (Wildman–Crippen LogP) is 3.64. The lowest BCUT2D eigenvalue weighted by Crippen LogP contribution is -2.28. The maximum Gasteiger partial charge on any atom is 0.0464 e. The largest absolute Gasteiger partial charge is 0.358 e. The van der Waals surface area contributed by atoms with Gasteiger partial charge in [-0.15, -0.1) is 0 Å². The van der Waals surface area contributed by atoms with E-state index in [-0.39, 0.29) is 0 Å². The third-order valence-corrected chi connectivity index (χ3v) is 4.51. The van der Waals surface area contributed by atoms with Crippen LogP contribution in [-0.4, -0.2) is 18.1 Å². The molecule has 1 fully saturated rings. The second kappa shape index (κ2) is 5.01. The molecule has 0 atom stereocenters. The molecule has 2 N–H and O–H groups in total. The Labute approximate surface area is 115 Å². The molecule has 0 radical (unpaired) electrons.